The Morgan fingerprint density at radius 3 is 2.59 bits per heavy atom. The largest absolute Gasteiger partial charge is 0.461 e. The number of nitrogens with one attached hydrogen (secondary N) is 2. The average molecular weight is 398 g/mol. The molecule has 1 aliphatic rings. The quantitative estimate of drug-likeness (QED) is 0.726. The van der Waals surface area contributed by atoms with Gasteiger partial charge in [-0.2, -0.15) is 0 Å². The number of aryl methyl sites for hydroxylation is 3. The molecule has 3 rings (SSSR count). The molecule has 1 atom stereocenters. The van der Waals surface area contributed by atoms with Gasteiger partial charge in [-0.3, -0.25) is 4.79 Å². The maximum Gasteiger partial charge on any atom is 0.355 e. The molecule has 7 nitrogen and oxygen atoms in total. The van der Waals surface area contributed by atoms with Crippen LogP contribution in [0.2, 0.25) is 0 Å². The molecule has 0 radical (unpaired) electrons. The standard InChI is InChI=1S/C22H26N2O5/c1-5-28-22(27)19-12(2)18(13(3)23-19)21(26)29-14(4)20(25)24-17-10-9-15-7-6-8-16(15)11-17/h9-11,14,23H,5-8H2,1-4H3,(H,24,25)/t14-/m1/s1. The molecular formula is C22H26N2O5. The summed E-state index contributed by atoms with van der Waals surface area (Å²) in [5.74, 6) is -1.61. The smallest absolute Gasteiger partial charge is 0.355 e. The Morgan fingerprint density at radius 2 is 1.86 bits per heavy atom. The summed E-state index contributed by atoms with van der Waals surface area (Å²) in [7, 11) is 0. The SMILES string of the molecule is CCOC(=O)c1[nH]c(C)c(C(=O)O[C@H](C)C(=O)Nc2ccc3c(c2)CCC3)c1C. The molecule has 0 bridgehead atoms. The molecule has 7 heteroatoms. The molecule has 154 valence electrons. The Labute approximate surface area is 169 Å². The van der Waals surface area contributed by atoms with E-state index in [9.17, 15) is 14.4 Å². The average Bonchev–Trinajstić information content (AvgIpc) is 3.25. The van der Waals surface area contributed by atoms with Crippen LogP contribution in [-0.2, 0) is 27.1 Å². The highest BCUT2D eigenvalue weighted by molar-refractivity contribution is 6.01. The lowest BCUT2D eigenvalue weighted by atomic mass is 10.1. The molecule has 1 heterocycles. The van der Waals surface area contributed by atoms with Gasteiger partial charge >= 0.3 is 11.9 Å². The second-order valence-corrected chi connectivity index (χ2v) is 7.22. The van der Waals surface area contributed by atoms with Crippen molar-refractivity contribution >= 4 is 23.5 Å². The number of fused-ring (bicyclic) bond motifs is 1. The summed E-state index contributed by atoms with van der Waals surface area (Å²) in [5.41, 5.74) is 4.64. The number of hydrogen-bond donors (Lipinski definition) is 2. The number of carbonyl (C=O) groups excluding carboxylic acids is 3. The third-order valence-corrected chi connectivity index (χ3v) is 5.14. The fourth-order valence-corrected chi connectivity index (χ4v) is 3.63. The van der Waals surface area contributed by atoms with Crippen LogP contribution in [0.25, 0.3) is 0 Å². The Bertz CT molecular complexity index is 960. The molecule has 0 unspecified atom stereocenters. The minimum absolute atomic E-state index is 0.214. The lowest BCUT2D eigenvalue weighted by molar-refractivity contribution is -0.123. The van der Waals surface area contributed by atoms with E-state index in [0.29, 0.717) is 16.9 Å². The van der Waals surface area contributed by atoms with E-state index in [1.807, 2.05) is 18.2 Å². The number of aromatic nitrogens is 1. The van der Waals surface area contributed by atoms with Crippen molar-refractivity contribution in [3.63, 3.8) is 0 Å². The van der Waals surface area contributed by atoms with Crippen LogP contribution in [0.3, 0.4) is 0 Å². The Morgan fingerprint density at radius 1 is 1.14 bits per heavy atom. The Balaban J connectivity index is 1.67. The highest BCUT2D eigenvalue weighted by Crippen LogP contribution is 2.25. The fourth-order valence-electron chi connectivity index (χ4n) is 3.63. The molecule has 0 fully saturated rings. The number of carbonyl (C=O) groups is 3. The van der Waals surface area contributed by atoms with Crippen molar-refractivity contribution in [1.29, 1.82) is 0 Å². The van der Waals surface area contributed by atoms with Crippen LogP contribution >= 0.6 is 0 Å². The van der Waals surface area contributed by atoms with Crippen molar-refractivity contribution in [3.05, 3.63) is 51.8 Å². The van der Waals surface area contributed by atoms with Crippen molar-refractivity contribution < 1.29 is 23.9 Å². The van der Waals surface area contributed by atoms with E-state index >= 15 is 0 Å². The minimum atomic E-state index is -0.990. The van der Waals surface area contributed by atoms with Gasteiger partial charge in [-0.05, 0) is 75.8 Å². The van der Waals surface area contributed by atoms with Gasteiger partial charge in [-0.1, -0.05) is 6.07 Å². The van der Waals surface area contributed by atoms with Gasteiger partial charge in [0.15, 0.2) is 6.10 Å². The van der Waals surface area contributed by atoms with Crippen molar-refractivity contribution in [2.24, 2.45) is 0 Å². The van der Waals surface area contributed by atoms with Gasteiger partial charge in [0.05, 0.1) is 12.2 Å². The Hall–Kier alpha value is -3.09. The van der Waals surface area contributed by atoms with Crippen molar-refractivity contribution in [3.8, 4) is 0 Å². The zero-order valence-electron chi connectivity index (χ0n) is 17.2. The van der Waals surface area contributed by atoms with Gasteiger partial charge in [-0.15, -0.1) is 0 Å². The highest BCUT2D eigenvalue weighted by Gasteiger charge is 2.26. The highest BCUT2D eigenvalue weighted by atomic mass is 16.5. The van der Waals surface area contributed by atoms with Crippen LogP contribution in [0, 0.1) is 13.8 Å². The number of hydrogen-bond acceptors (Lipinski definition) is 5. The van der Waals surface area contributed by atoms with Crippen molar-refractivity contribution in [2.75, 3.05) is 11.9 Å². The van der Waals surface area contributed by atoms with Gasteiger partial charge in [0.25, 0.3) is 5.91 Å². The third kappa shape index (κ3) is 4.34. The monoisotopic (exact) mass is 398 g/mol. The molecular weight excluding hydrogens is 372 g/mol. The summed E-state index contributed by atoms with van der Waals surface area (Å²) in [6, 6.07) is 5.86. The van der Waals surface area contributed by atoms with Crippen LogP contribution < -0.4 is 5.32 Å². The van der Waals surface area contributed by atoms with Gasteiger partial charge in [0, 0.05) is 11.4 Å². The summed E-state index contributed by atoms with van der Waals surface area (Å²) in [4.78, 5) is 40.0. The maximum atomic E-state index is 12.6. The number of benzene rings is 1. The second kappa shape index (κ2) is 8.51. The van der Waals surface area contributed by atoms with Crippen LogP contribution in [-0.4, -0.2) is 35.5 Å². The summed E-state index contributed by atoms with van der Waals surface area (Å²) >= 11 is 0. The molecule has 1 aromatic heterocycles. The molecule has 1 amide bonds. The molecule has 2 aromatic rings. The molecule has 1 aromatic carbocycles. The number of esters is 2. The lowest BCUT2D eigenvalue weighted by Crippen LogP contribution is -2.30. The van der Waals surface area contributed by atoms with Crippen LogP contribution in [0.4, 0.5) is 5.69 Å². The molecule has 0 saturated heterocycles. The molecule has 2 N–H and O–H groups in total. The number of rotatable bonds is 6. The lowest BCUT2D eigenvalue weighted by Gasteiger charge is -2.14. The van der Waals surface area contributed by atoms with Gasteiger partial charge in [0.1, 0.15) is 5.69 Å². The summed E-state index contributed by atoms with van der Waals surface area (Å²) in [6.07, 6.45) is 2.22. The molecule has 1 aliphatic carbocycles. The topological polar surface area (TPSA) is 97.5 Å². The van der Waals surface area contributed by atoms with Gasteiger partial charge in [-0.25, -0.2) is 9.59 Å². The van der Waals surface area contributed by atoms with Crippen LogP contribution in [0.15, 0.2) is 18.2 Å². The van der Waals surface area contributed by atoms with Crippen molar-refractivity contribution in [2.45, 2.75) is 53.1 Å². The zero-order valence-corrected chi connectivity index (χ0v) is 17.2. The normalized spacial score (nSPS) is 13.5. The predicted octanol–water partition coefficient (Wildman–Crippen LogP) is 3.48. The zero-order chi connectivity index (χ0) is 21.1. The van der Waals surface area contributed by atoms with Gasteiger partial charge in [0.2, 0.25) is 0 Å². The number of anilines is 1. The first-order chi connectivity index (χ1) is 13.8. The number of H-pyrrole nitrogens is 1. The molecule has 0 saturated carbocycles. The summed E-state index contributed by atoms with van der Waals surface area (Å²) < 4.78 is 10.3. The van der Waals surface area contributed by atoms with Crippen LogP contribution in [0.1, 0.15) is 63.5 Å². The second-order valence-electron chi connectivity index (χ2n) is 7.22. The number of amides is 1. The van der Waals surface area contributed by atoms with E-state index in [2.05, 4.69) is 10.3 Å². The van der Waals surface area contributed by atoms with E-state index in [0.717, 1.165) is 19.3 Å². The van der Waals surface area contributed by atoms with Gasteiger partial charge < -0.3 is 19.8 Å². The third-order valence-electron chi connectivity index (χ3n) is 5.14. The first-order valence-corrected chi connectivity index (χ1v) is 9.81. The molecule has 0 aliphatic heterocycles. The molecule has 29 heavy (non-hydrogen) atoms. The van der Waals surface area contributed by atoms with E-state index < -0.39 is 23.9 Å². The Kier molecular flexibility index (Phi) is 6.06. The first kappa shape index (κ1) is 20.6. The molecule has 0 spiro atoms. The van der Waals surface area contributed by atoms with E-state index in [-0.39, 0.29) is 17.9 Å². The van der Waals surface area contributed by atoms with Crippen molar-refractivity contribution in [1.82, 2.24) is 4.98 Å². The van der Waals surface area contributed by atoms with Crippen LogP contribution in [0.5, 0.6) is 0 Å². The minimum Gasteiger partial charge on any atom is -0.461 e. The maximum absolute atomic E-state index is 12.6. The summed E-state index contributed by atoms with van der Waals surface area (Å²) in [6.45, 7) is 6.77. The number of aromatic amines is 1. The fraction of sp³-hybridized carbons (Fsp3) is 0.409. The number of ether oxygens (including phenoxy) is 2. The summed E-state index contributed by atoms with van der Waals surface area (Å²) in [5, 5.41) is 2.80. The first-order valence-electron chi connectivity index (χ1n) is 9.81. The van der Waals surface area contributed by atoms with E-state index in [4.69, 9.17) is 9.47 Å². The van der Waals surface area contributed by atoms with E-state index in [1.54, 1.807) is 20.8 Å². The van der Waals surface area contributed by atoms with E-state index in [1.165, 1.54) is 18.1 Å². The predicted molar refractivity (Wildman–Crippen MR) is 108 cm³/mol.